The number of piperidine rings is 2. The molecule has 0 bridgehead atoms. The first-order chi connectivity index (χ1) is 27.3. The molecule has 8 heterocycles. The SMILES string of the molecule is COc1ccc2ncc(=O)n(CCN3CCC(N)CC3)c2n1.COc1ccc2ncc(=O)n(CCN3CCC(NCc4ccc5c(n4)NC(=O)CS5)CC3)c2n1. The predicted molar refractivity (Wildman–Crippen MR) is 214 cm³/mol. The molecule has 17 nitrogen and oxygen atoms in total. The third-order valence-corrected chi connectivity index (χ3v) is 11.4. The lowest BCUT2D eigenvalue weighted by Gasteiger charge is -2.32. The van der Waals surface area contributed by atoms with E-state index >= 15 is 0 Å². The quantitative estimate of drug-likeness (QED) is 0.175. The van der Waals surface area contributed by atoms with Crippen LogP contribution in [0.3, 0.4) is 0 Å². The number of nitrogens with two attached hydrogens (primary N) is 1. The van der Waals surface area contributed by atoms with E-state index in [2.05, 4.69) is 45.4 Å². The molecule has 1 amide bonds. The van der Waals surface area contributed by atoms with Crippen LogP contribution in [0.1, 0.15) is 31.4 Å². The summed E-state index contributed by atoms with van der Waals surface area (Å²) in [5, 5.41) is 6.45. The predicted octanol–water partition coefficient (Wildman–Crippen LogP) is 1.72. The maximum absolute atomic E-state index is 12.4. The van der Waals surface area contributed by atoms with Crippen molar-refractivity contribution in [3.8, 4) is 11.8 Å². The van der Waals surface area contributed by atoms with Gasteiger partial charge in [0.1, 0.15) is 16.9 Å². The number of carbonyl (C=O) groups is 1. The summed E-state index contributed by atoms with van der Waals surface area (Å²) >= 11 is 1.52. The van der Waals surface area contributed by atoms with Crippen LogP contribution >= 0.6 is 11.8 Å². The highest BCUT2D eigenvalue weighted by molar-refractivity contribution is 8.00. The molecule has 0 radical (unpaired) electrons. The van der Waals surface area contributed by atoms with Crippen molar-refractivity contribution in [2.45, 2.75) is 62.3 Å². The van der Waals surface area contributed by atoms with Crippen molar-refractivity contribution in [3.63, 3.8) is 0 Å². The van der Waals surface area contributed by atoms with Gasteiger partial charge in [-0.15, -0.1) is 11.8 Å². The zero-order valence-corrected chi connectivity index (χ0v) is 32.5. The fourth-order valence-electron chi connectivity index (χ4n) is 7.08. The number of thioether (sulfide) groups is 1. The van der Waals surface area contributed by atoms with Gasteiger partial charge in [0.15, 0.2) is 11.3 Å². The number of aromatic nitrogens is 7. The number of fused-ring (bicyclic) bond motifs is 3. The van der Waals surface area contributed by atoms with Crippen molar-refractivity contribution >= 4 is 45.8 Å². The van der Waals surface area contributed by atoms with Crippen molar-refractivity contribution in [2.75, 3.05) is 64.6 Å². The van der Waals surface area contributed by atoms with Gasteiger partial charge in [0.05, 0.1) is 43.0 Å². The van der Waals surface area contributed by atoms with Gasteiger partial charge in [0.25, 0.3) is 11.1 Å². The Bertz CT molecular complexity index is 2270. The molecule has 18 heteroatoms. The van der Waals surface area contributed by atoms with Crippen LogP contribution in [0.2, 0.25) is 0 Å². The molecule has 56 heavy (non-hydrogen) atoms. The highest BCUT2D eigenvalue weighted by Crippen LogP contribution is 2.29. The molecule has 0 spiro atoms. The van der Waals surface area contributed by atoms with E-state index in [1.54, 1.807) is 35.5 Å². The third-order valence-electron chi connectivity index (χ3n) is 10.4. The van der Waals surface area contributed by atoms with E-state index in [0.29, 0.717) is 77.4 Å². The Morgan fingerprint density at radius 2 is 1.30 bits per heavy atom. The lowest BCUT2D eigenvalue weighted by atomic mass is 10.0. The van der Waals surface area contributed by atoms with Gasteiger partial charge in [0, 0.05) is 56.9 Å². The molecule has 8 rings (SSSR count). The number of pyridine rings is 3. The van der Waals surface area contributed by atoms with E-state index in [0.717, 1.165) is 75.5 Å². The first kappa shape index (κ1) is 39.2. The minimum atomic E-state index is -0.156. The second kappa shape index (κ2) is 18.3. The van der Waals surface area contributed by atoms with Gasteiger partial charge in [-0.25, -0.2) is 15.0 Å². The highest BCUT2D eigenvalue weighted by Gasteiger charge is 2.21. The molecule has 0 saturated carbocycles. The number of likely N-dealkylation sites (tertiary alicyclic amines) is 2. The summed E-state index contributed by atoms with van der Waals surface area (Å²) in [6, 6.07) is 11.9. The van der Waals surface area contributed by atoms with Gasteiger partial charge in [-0.1, -0.05) is 0 Å². The first-order valence-corrected chi connectivity index (χ1v) is 19.9. The van der Waals surface area contributed by atoms with Crippen LogP contribution in [0.4, 0.5) is 5.82 Å². The number of methoxy groups -OCH3 is 2. The van der Waals surface area contributed by atoms with E-state index in [4.69, 9.17) is 15.2 Å². The zero-order chi connectivity index (χ0) is 39.0. The summed E-state index contributed by atoms with van der Waals surface area (Å²) in [5.41, 5.74) is 9.05. The Morgan fingerprint density at radius 3 is 1.86 bits per heavy atom. The molecular formula is C38H48N12O5S. The van der Waals surface area contributed by atoms with Crippen molar-refractivity contribution < 1.29 is 14.3 Å². The van der Waals surface area contributed by atoms with E-state index in [1.165, 1.54) is 24.2 Å². The van der Waals surface area contributed by atoms with Gasteiger partial charge in [-0.2, -0.15) is 9.97 Å². The summed E-state index contributed by atoms with van der Waals surface area (Å²) in [6.07, 6.45) is 6.77. The fourth-order valence-corrected chi connectivity index (χ4v) is 7.83. The van der Waals surface area contributed by atoms with Crippen LogP contribution in [-0.2, 0) is 24.4 Å². The fraction of sp³-hybridized carbons (Fsp3) is 0.474. The van der Waals surface area contributed by atoms with Gasteiger partial charge in [-0.05, 0) is 76.1 Å². The van der Waals surface area contributed by atoms with Crippen LogP contribution < -0.4 is 37.0 Å². The number of anilines is 1. The number of amides is 1. The molecule has 2 fully saturated rings. The van der Waals surface area contributed by atoms with Crippen molar-refractivity contribution in [3.05, 3.63) is 75.2 Å². The lowest BCUT2D eigenvalue weighted by molar-refractivity contribution is -0.113. The topological polar surface area (TPSA) is 201 Å². The van der Waals surface area contributed by atoms with Crippen molar-refractivity contribution in [1.82, 2.24) is 49.2 Å². The largest absolute Gasteiger partial charge is 0.481 e. The minimum Gasteiger partial charge on any atom is -0.481 e. The molecule has 0 aromatic carbocycles. The average molecular weight is 785 g/mol. The number of ether oxygens (including phenoxy) is 2. The van der Waals surface area contributed by atoms with E-state index < -0.39 is 0 Å². The van der Waals surface area contributed by atoms with Gasteiger partial charge in [-0.3, -0.25) is 23.5 Å². The molecule has 0 atom stereocenters. The average Bonchev–Trinajstić information content (AvgIpc) is 3.22. The molecule has 2 saturated heterocycles. The van der Waals surface area contributed by atoms with E-state index in [1.807, 2.05) is 24.3 Å². The Morgan fingerprint density at radius 1 is 0.750 bits per heavy atom. The van der Waals surface area contributed by atoms with Crippen LogP contribution in [0.5, 0.6) is 11.8 Å². The Kier molecular flexibility index (Phi) is 12.8. The summed E-state index contributed by atoms with van der Waals surface area (Å²) in [7, 11) is 3.12. The van der Waals surface area contributed by atoms with Gasteiger partial charge in [0.2, 0.25) is 17.7 Å². The molecule has 3 aliphatic heterocycles. The third kappa shape index (κ3) is 9.67. The van der Waals surface area contributed by atoms with E-state index in [-0.39, 0.29) is 17.0 Å². The number of hydrogen-bond acceptors (Lipinski definition) is 15. The maximum atomic E-state index is 12.4. The number of nitrogens with one attached hydrogen (secondary N) is 2. The summed E-state index contributed by atoms with van der Waals surface area (Å²) < 4.78 is 13.7. The highest BCUT2D eigenvalue weighted by atomic mass is 32.2. The van der Waals surface area contributed by atoms with Gasteiger partial charge < -0.3 is 35.6 Å². The van der Waals surface area contributed by atoms with Crippen molar-refractivity contribution in [2.24, 2.45) is 5.73 Å². The maximum Gasteiger partial charge on any atom is 0.270 e. The molecule has 5 aromatic rings. The summed E-state index contributed by atoms with van der Waals surface area (Å²) in [6.45, 7) is 7.27. The first-order valence-electron chi connectivity index (χ1n) is 18.9. The van der Waals surface area contributed by atoms with E-state index in [9.17, 15) is 14.4 Å². The Labute approximate surface area is 328 Å². The number of nitrogens with zero attached hydrogens (tertiary/aromatic N) is 9. The monoisotopic (exact) mass is 784 g/mol. The van der Waals surface area contributed by atoms with Crippen LogP contribution in [0, 0.1) is 0 Å². The van der Waals surface area contributed by atoms with Crippen LogP contribution in [-0.4, -0.2) is 121 Å². The summed E-state index contributed by atoms with van der Waals surface area (Å²) in [4.78, 5) is 63.7. The second-order valence-corrected chi connectivity index (χ2v) is 15.1. The van der Waals surface area contributed by atoms with Crippen molar-refractivity contribution in [1.29, 1.82) is 0 Å². The zero-order valence-electron chi connectivity index (χ0n) is 31.7. The molecular weight excluding hydrogens is 737 g/mol. The summed E-state index contributed by atoms with van der Waals surface area (Å²) in [5.74, 6) is 2.06. The molecule has 4 N–H and O–H groups in total. The number of rotatable bonds is 11. The molecule has 5 aromatic heterocycles. The van der Waals surface area contributed by atoms with Gasteiger partial charge >= 0.3 is 0 Å². The lowest BCUT2D eigenvalue weighted by Crippen LogP contribution is -2.43. The Hall–Kier alpha value is -5.01. The minimum absolute atomic E-state index is 0.000531. The molecule has 0 aliphatic carbocycles. The standard InChI is InChI=1S/C23H27N7O3S.C15H21N5O2/c1-33-20-5-3-17-23(28-20)30(21(32)13-25-17)11-10-29-8-6-15(7-9-29)24-12-16-2-4-18-22(26-16)27-19(31)14-34-18;1-22-13-3-2-12-15(18-13)20(14(21)10-17-12)9-8-19-6-4-11(16)5-7-19/h2-5,13,15,24H,6-12,14H2,1H3,(H,26,27,31);2-3,10-11H,4-9,16H2,1H3. The second-order valence-electron chi connectivity index (χ2n) is 14.1. The normalized spacial score (nSPS) is 16.9. The molecule has 0 unspecified atom stereocenters. The number of hydrogen-bond donors (Lipinski definition) is 3. The molecule has 3 aliphatic rings. The molecule has 296 valence electrons. The van der Waals surface area contributed by atoms with Crippen LogP contribution in [0.15, 0.2) is 63.3 Å². The van der Waals surface area contributed by atoms with Crippen LogP contribution in [0.25, 0.3) is 22.3 Å². The number of carbonyl (C=O) groups excluding carboxylic acids is 1. The smallest absolute Gasteiger partial charge is 0.270 e. The Balaban J connectivity index is 0.000000189.